The van der Waals surface area contributed by atoms with Gasteiger partial charge in [-0.15, -0.1) is 0 Å². The van der Waals surface area contributed by atoms with Crippen LogP contribution in [0.3, 0.4) is 0 Å². The number of nitrogens with zero attached hydrogens (tertiary/aromatic N) is 5. The van der Waals surface area contributed by atoms with Gasteiger partial charge in [-0.2, -0.15) is 5.26 Å². The Labute approximate surface area is 145 Å². The largest absolute Gasteiger partial charge is 0.477 e. The Morgan fingerprint density at radius 3 is 2.92 bits per heavy atom. The van der Waals surface area contributed by atoms with Crippen molar-refractivity contribution in [1.29, 1.82) is 5.26 Å². The lowest BCUT2D eigenvalue weighted by molar-refractivity contribution is 0.0766. The third-order valence-corrected chi connectivity index (χ3v) is 3.76. The molecular weight excluding hydrogens is 322 g/mol. The van der Waals surface area contributed by atoms with E-state index in [0.717, 1.165) is 0 Å². The summed E-state index contributed by atoms with van der Waals surface area (Å²) in [4.78, 5) is 26.5. The Morgan fingerprint density at radius 1 is 1.32 bits per heavy atom. The van der Waals surface area contributed by atoms with Crippen LogP contribution in [0.5, 0.6) is 11.8 Å². The van der Waals surface area contributed by atoms with Gasteiger partial charge in [0.2, 0.25) is 11.6 Å². The molecule has 1 amide bonds. The maximum atomic E-state index is 12.7. The number of pyridine rings is 1. The second kappa shape index (κ2) is 7.57. The third kappa shape index (κ3) is 3.66. The Kier molecular flexibility index (Phi) is 5.04. The molecule has 2 aromatic rings. The van der Waals surface area contributed by atoms with Crippen LogP contribution < -0.4 is 9.47 Å². The second-order valence-electron chi connectivity index (χ2n) is 5.39. The van der Waals surface area contributed by atoms with Gasteiger partial charge in [-0.25, -0.2) is 15.0 Å². The molecule has 1 atom stereocenters. The fraction of sp³-hybridized carbons (Fsp3) is 0.353. The minimum absolute atomic E-state index is 0.137. The van der Waals surface area contributed by atoms with E-state index in [1.165, 1.54) is 12.4 Å². The van der Waals surface area contributed by atoms with Crippen LogP contribution in [-0.4, -0.2) is 51.6 Å². The molecule has 25 heavy (non-hydrogen) atoms. The van der Waals surface area contributed by atoms with Crippen LogP contribution in [0.15, 0.2) is 30.7 Å². The molecule has 0 bridgehead atoms. The Bertz CT molecular complexity index is 805. The van der Waals surface area contributed by atoms with Crippen molar-refractivity contribution in [2.75, 3.05) is 19.7 Å². The fourth-order valence-corrected chi connectivity index (χ4v) is 2.63. The van der Waals surface area contributed by atoms with E-state index in [2.05, 4.69) is 15.0 Å². The molecule has 1 aliphatic rings. The molecule has 0 saturated carbocycles. The maximum Gasteiger partial charge on any atom is 0.259 e. The lowest BCUT2D eigenvalue weighted by atomic mass is 10.2. The van der Waals surface area contributed by atoms with Gasteiger partial charge in [0.05, 0.1) is 13.2 Å². The van der Waals surface area contributed by atoms with E-state index < -0.39 is 0 Å². The van der Waals surface area contributed by atoms with Gasteiger partial charge in [0.15, 0.2) is 0 Å². The number of carbonyl (C=O) groups excluding carboxylic acids is 1. The zero-order chi connectivity index (χ0) is 17.6. The highest BCUT2D eigenvalue weighted by Gasteiger charge is 2.30. The minimum Gasteiger partial charge on any atom is -0.477 e. The molecule has 8 heteroatoms. The quantitative estimate of drug-likeness (QED) is 0.812. The van der Waals surface area contributed by atoms with E-state index in [1.807, 2.05) is 13.0 Å². The summed E-state index contributed by atoms with van der Waals surface area (Å²) < 4.78 is 11.2. The van der Waals surface area contributed by atoms with Crippen LogP contribution in [0.4, 0.5) is 0 Å². The van der Waals surface area contributed by atoms with E-state index in [9.17, 15) is 4.79 Å². The first kappa shape index (κ1) is 16.6. The summed E-state index contributed by atoms with van der Waals surface area (Å²) in [5, 5.41) is 9.04. The average Bonchev–Trinajstić information content (AvgIpc) is 3.11. The van der Waals surface area contributed by atoms with Gasteiger partial charge in [-0.05, 0) is 19.1 Å². The third-order valence-electron chi connectivity index (χ3n) is 3.76. The first-order chi connectivity index (χ1) is 12.2. The topological polar surface area (TPSA) is 101 Å². The van der Waals surface area contributed by atoms with Crippen molar-refractivity contribution in [2.24, 2.45) is 0 Å². The number of rotatable bonds is 5. The van der Waals surface area contributed by atoms with E-state index in [1.54, 1.807) is 23.2 Å². The molecule has 2 aromatic heterocycles. The summed E-state index contributed by atoms with van der Waals surface area (Å²) in [7, 11) is 0. The Hall–Kier alpha value is -3.21. The van der Waals surface area contributed by atoms with E-state index >= 15 is 0 Å². The average molecular weight is 339 g/mol. The smallest absolute Gasteiger partial charge is 0.259 e. The first-order valence-corrected chi connectivity index (χ1v) is 7.97. The lowest BCUT2D eigenvalue weighted by Crippen LogP contribution is -2.31. The lowest BCUT2D eigenvalue weighted by Gasteiger charge is -2.18. The van der Waals surface area contributed by atoms with Gasteiger partial charge in [0.1, 0.15) is 17.7 Å². The zero-order valence-corrected chi connectivity index (χ0v) is 13.8. The molecule has 0 N–H and O–H groups in total. The van der Waals surface area contributed by atoms with Gasteiger partial charge in [-0.1, -0.05) is 0 Å². The molecule has 1 fully saturated rings. The number of carbonyl (C=O) groups is 1. The number of nitriles is 1. The van der Waals surface area contributed by atoms with Crippen LogP contribution in [0, 0.1) is 11.3 Å². The summed E-state index contributed by atoms with van der Waals surface area (Å²) in [5.74, 6) is 0.378. The monoisotopic (exact) mass is 339 g/mol. The summed E-state index contributed by atoms with van der Waals surface area (Å²) in [6.07, 6.45) is 4.91. The summed E-state index contributed by atoms with van der Waals surface area (Å²) in [6, 6.07) is 5.35. The molecule has 0 aromatic carbocycles. The van der Waals surface area contributed by atoms with Gasteiger partial charge in [0, 0.05) is 31.6 Å². The van der Waals surface area contributed by atoms with Crippen LogP contribution in [0.2, 0.25) is 0 Å². The highest BCUT2D eigenvalue weighted by atomic mass is 16.5. The first-order valence-electron chi connectivity index (χ1n) is 7.97. The molecule has 8 nitrogen and oxygen atoms in total. The molecule has 0 spiro atoms. The van der Waals surface area contributed by atoms with Crippen molar-refractivity contribution in [3.8, 4) is 17.8 Å². The predicted octanol–water partition coefficient (Wildman–Crippen LogP) is 1.44. The number of likely N-dealkylation sites (tertiary alicyclic amines) is 1. The number of hydrogen-bond acceptors (Lipinski definition) is 7. The molecule has 3 rings (SSSR count). The molecule has 0 radical (unpaired) electrons. The maximum absolute atomic E-state index is 12.7. The summed E-state index contributed by atoms with van der Waals surface area (Å²) >= 11 is 0. The van der Waals surface area contributed by atoms with Gasteiger partial charge < -0.3 is 14.4 Å². The second-order valence-corrected chi connectivity index (χ2v) is 5.39. The Morgan fingerprint density at radius 2 is 2.12 bits per heavy atom. The Balaban J connectivity index is 1.69. The van der Waals surface area contributed by atoms with E-state index in [0.29, 0.717) is 37.6 Å². The van der Waals surface area contributed by atoms with Crippen molar-refractivity contribution in [3.05, 3.63) is 42.0 Å². The predicted molar refractivity (Wildman–Crippen MR) is 87.1 cm³/mol. The van der Waals surface area contributed by atoms with Gasteiger partial charge >= 0.3 is 0 Å². The molecule has 1 aliphatic heterocycles. The van der Waals surface area contributed by atoms with Gasteiger partial charge in [-0.3, -0.25) is 4.79 Å². The SMILES string of the molecule is CCOc1ncccc1C(=O)N1CC[C@@H](Oc2nccnc2C#N)C1. The van der Waals surface area contributed by atoms with Crippen LogP contribution >= 0.6 is 0 Å². The standard InChI is InChI=1S/C17H17N5O3/c1-2-24-15-13(4-3-6-20-15)17(23)22-9-5-12(11-22)25-16-14(10-18)19-7-8-21-16/h3-4,6-8,12H,2,5,9,11H2,1H3/t12-/m1/s1. The van der Waals surface area contributed by atoms with E-state index in [4.69, 9.17) is 14.7 Å². The number of ether oxygens (including phenoxy) is 2. The normalized spacial score (nSPS) is 16.3. The minimum atomic E-state index is -0.236. The van der Waals surface area contributed by atoms with Crippen molar-refractivity contribution >= 4 is 5.91 Å². The van der Waals surface area contributed by atoms with Crippen molar-refractivity contribution in [3.63, 3.8) is 0 Å². The fourth-order valence-electron chi connectivity index (χ4n) is 2.63. The van der Waals surface area contributed by atoms with Crippen molar-refractivity contribution in [2.45, 2.75) is 19.4 Å². The van der Waals surface area contributed by atoms with Crippen LogP contribution in [-0.2, 0) is 0 Å². The van der Waals surface area contributed by atoms with E-state index in [-0.39, 0.29) is 23.6 Å². The molecular formula is C17H17N5O3. The van der Waals surface area contributed by atoms with Crippen LogP contribution in [0.1, 0.15) is 29.4 Å². The number of amides is 1. The highest BCUT2D eigenvalue weighted by Crippen LogP contribution is 2.22. The zero-order valence-electron chi connectivity index (χ0n) is 13.8. The van der Waals surface area contributed by atoms with Crippen LogP contribution in [0.25, 0.3) is 0 Å². The molecule has 3 heterocycles. The highest BCUT2D eigenvalue weighted by molar-refractivity contribution is 5.96. The van der Waals surface area contributed by atoms with Gasteiger partial charge in [0.25, 0.3) is 11.8 Å². The molecule has 1 saturated heterocycles. The summed E-state index contributed by atoms with van der Waals surface area (Å²) in [5.41, 5.74) is 0.570. The van der Waals surface area contributed by atoms with Crippen molar-refractivity contribution in [1.82, 2.24) is 19.9 Å². The summed E-state index contributed by atoms with van der Waals surface area (Å²) in [6.45, 7) is 3.23. The van der Waals surface area contributed by atoms with Crippen molar-refractivity contribution < 1.29 is 14.3 Å². The number of aromatic nitrogens is 3. The number of hydrogen-bond donors (Lipinski definition) is 0. The molecule has 0 aliphatic carbocycles. The molecule has 0 unspecified atom stereocenters. The molecule has 128 valence electrons.